The normalized spacial score (nSPS) is 11.8. The maximum absolute atomic E-state index is 5.78. The van der Waals surface area contributed by atoms with Gasteiger partial charge in [0, 0.05) is 24.8 Å². The van der Waals surface area contributed by atoms with Gasteiger partial charge in [0.1, 0.15) is 5.75 Å². The molecular formula is C24H24N2O3S. The summed E-state index contributed by atoms with van der Waals surface area (Å²) in [7, 11) is 1.65. The minimum atomic E-state index is 0.266. The summed E-state index contributed by atoms with van der Waals surface area (Å²) in [6.45, 7) is 3.68. The van der Waals surface area contributed by atoms with Gasteiger partial charge in [-0.05, 0) is 54.5 Å². The Balaban J connectivity index is 1.55. The number of nitrogens with one attached hydrogen (secondary N) is 1. The summed E-state index contributed by atoms with van der Waals surface area (Å²) in [5.41, 5.74) is 4.41. The maximum atomic E-state index is 5.78. The lowest BCUT2D eigenvalue weighted by Gasteiger charge is -2.26. The predicted octanol–water partition coefficient (Wildman–Crippen LogP) is 5.13. The Kier molecular flexibility index (Phi) is 6.05. The van der Waals surface area contributed by atoms with Crippen LogP contribution in [0, 0.1) is 6.92 Å². The summed E-state index contributed by atoms with van der Waals surface area (Å²) < 4.78 is 16.3. The van der Waals surface area contributed by atoms with Gasteiger partial charge in [-0.2, -0.15) is 0 Å². The van der Waals surface area contributed by atoms with E-state index in [1.54, 1.807) is 7.11 Å². The van der Waals surface area contributed by atoms with Crippen LogP contribution in [-0.2, 0) is 13.1 Å². The van der Waals surface area contributed by atoms with Crippen molar-refractivity contribution in [3.63, 3.8) is 0 Å². The molecule has 3 aromatic carbocycles. The van der Waals surface area contributed by atoms with Gasteiger partial charge in [0.05, 0.1) is 7.11 Å². The van der Waals surface area contributed by atoms with Crippen LogP contribution in [0.2, 0.25) is 0 Å². The molecule has 0 atom stereocenters. The third-order valence-electron chi connectivity index (χ3n) is 4.91. The van der Waals surface area contributed by atoms with Crippen LogP contribution < -0.4 is 19.5 Å². The molecule has 0 saturated heterocycles. The Morgan fingerprint density at radius 3 is 2.50 bits per heavy atom. The molecule has 0 amide bonds. The average Bonchev–Trinajstić information content (AvgIpc) is 3.23. The van der Waals surface area contributed by atoms with Crippen LogP contribution in [0.4, 0.5) is 5.69 Å². The number of anilines is 1. The van der Waals surface area contributed by atoms with E-state index in [2.05, 4.69) is 41.4 Å². The van der Waals surface area contributed by atoms with E-state index in [-0.39, 0.29) is 6.79 Å². The number of thiocarbonyl (C=S) groups is 1. The summed E-state index contributed by atoms with van der Waals surface area (Å²) in [4.78, 5) is 2.14. The van der Waals surface area contributed by atoms with E-state index >= 15 is 0 Å². The second kappa shape index (κ2) is 9.05. The first-order valence-electron chi connectivity index (χ1n) is 9.75. The lowest BCUT2D eigenvalue weighted by molar-refractivity contribution is 0.174. The highest BCUT2D eigenvalue weighted by molar-refractivity contribution is 7.80. The summed E-state index contributed by atoms with van der Waals surface area (Å²) in [5, 5.41) is 3.98. The first-order valence-corrected chi connectivity index (χ1v) is 10.2. The van der Waals surface area contributed by atoms with E-state index in [4.69, 9.17) is 26.4 Å². The number of nitrogens with zero attached hydrogens (tertiary/aromatic N) is 1. The number of aryl methyl sites for hydroxylation is 1. The van der Waals surface area contributed by atoms with Crippen molar-refractivity contribution in [3.05, 3.63) is 83.4 Å². The van der Waals surface area contributed by atoms with Crippen LogP contribution >= 0.6 is 12.2 Å². The molecule has 1 N–H and O–H groups in total. The van der Waals surface area contributed by atoms with Crippen molar-refractivity contribution in [2.75, 3.05) is 19.2 Å². The molecule has 3 aromatic rings. The van der Waals surface area contributed by atoms with Gasteiger partial charge in [-0.3, -0.25) is 0 Å². The van der Waals surface area contributed by atoms with E-state index < -0.39 is 0 Å². The van der Waals surface area contributed by atoms with Gasteiger partial charge >= 0.3 is 0 Å². The van der Waals surface area contributed by atoms with Crippen LogP contribution in [0.15, 0.2) is 66.7 Å². The quantitative estimate of drug-likeness (QED) is 0.558. The van der Waals surface area contributed by atoms with Gasteiger partial charge in [-0.15, -0.1) is 0 Å². The Hall–Kier alpha value is -3.25. The molecule has 1 aliphatic heterocycles. The lowest BCUT2D eigenvalue weighted by Crippen LogP contribution is -2.33. The fourth-order valence-electron chi connectivity index (χ4n) is 3.28. The SMILES string of the molecule is COc1cccc(NC(=S)N(Cc2ccc(C)cc2)Cc2ccc3c(c2)OCO3)c1. The molecule has 6 heteroatoms. The molecule has 0 aliphatic carbocycles. The van der Waals surface area contributed by atoms with Crippen LogP contribution in [0.3, 0.4) is 0 Å². The van der Waals surface area contributed by atoms with E-state index in [0.29, 0.717) is 18.2 Å². The zero-order chi connectivity index (χ0) is 20.9. The zero-order valence-corrected chi connectivity index (χ0v) is 17.9. The Bertz CT molecular complexity index is 1040. The molecule has 0 radical (unpaired) electrons. The average molecular weight is 421 g/mol. The van der Waals surface area contributed by atoms with E-state index in [1.165, 1.54) is 11.1 Å². The monoisotopic (exact) mass is 420 g/mol. The third-order valence-corrected chi connectivity index (χ3v) is 5.27. The molecule has 154 valence electrons. The Morgan fingerprint density at radius 1 is 0.967 bits per heavy atom. The molecule has 0 saturated carbocycles. The number of ether oxygens (including phenoxy) is 3. The number of hydrogen-bond donors (Lipinski definition) is 1. The largest absolute Gasteiger partial charge is 0.497 e. The van der Waals surface area contributed by atoms with Gasteiger partial charge in [0.15, 0.2) is 16.6 Å². The molecule has 30 heavy (non-hydrogen) atoms. The molecule has 5 nitrogen and oxygen atoms in total. The van der Waals surface area contributed by atoms with Crippen molar-refractivity contribution >= 4 is 23.0 Å². The van der Waals surface area contributed by atoms with Crippen molar-refractivity contribution in [2.24, 2.45) is 0 Å². The summed E-state index contributed by atoms with van der Waals surface area (Å²) in [6.07, 6.45) is 0. The number of rotatable bonds is 6. The highest BCUT2D eigenvalue weighted by atomic mass is 32.1. The summed E-state index contributed by atoms with van der Waals surface area (Å²) >= 11 is 5.78. The molecule has 0 bridgehead atoms. The third kappa shape index (κ3) is 4.83. The number of fused-ring (bicyclic) bond motifs is 1. The smallest absolute Gasteiger partial charge is 0.231 e. The molecule has 1 aliphatic rings. The molecule has 1 heterocycles. The highest BCUT2D eigenvalue weighted by Crippen LogP contribution is 2.33. The van der Waals surface area contributed by atoms with Crippen LogP contribution in [0.1, 0.15) is 16.7 Å². The van der Waals surface area contributed by atoms with E-state index in [1.807, 2.05) is 42.5 Å². The summed E-state index contributed by atoms with van der Waals surface area (Å²) in [5.74, 6) is 2.33. The maximum Gasteiger partial charge on any atom is 0.231 e. The van der Waals surface area contributed by atoms with E-state index in [9.17, 15) is 0 Å². The standard InChI is InChI=1S/C24H24N2O3S/c1-17-6-8-18(9-7-17)14-26(15-19-10-11-22-23(12-19)29-16-28-22)24(30)25-20-4-3-5-21(13-20)27-2/h3-13H,14-16H2,1-2H3,(H,25,30). The molecular weight excluding hydrogens is 396 g/mol. The minimum absolute atomic E-state index is 0.266. The first-order chi connectivity index (χ1) is 14.6. The van der Waals surface area contributed by atoms with Crippen molar-refractivity contribution in [2.45, 2.75) is 20.0 Å². The molecule has 4 rings (SSSR count). The zero-order valence-electron chi connectivity index (χ0n) is 17.1. The Labute approximate surface area is 182 Å². The minimum Gasteiger partial charge on any atom is -0.497 e. The van der Waals surface area contributed by atoms with Crippen LogP contribution in [-0.4, -0.2) is 23.9 Å². The van der Waals surface area contributed by atoms with Crippen LogP contribution in [0.25, 0.3) is 0 Å². The van der Waals surface area contributed by atoms with Crippen LogP contribution in [0.5, 0.6) is 17.2 Å². The molecule has 0 aromatic heterocycles. The van der Waals surface area contributed by atoms with Gasteiger partial charge in [-0.1, -0.05) is 42.0 Å². The second-order valence-corrected chi connectivity index (χ2v) is 7.58. The fourth-order valence-corrected chi connectivity index (χ4v) is 3.52. The lowest BCUT2D eigenvalue weighted by atomic mass is 10.1. The highest BCUT2D eigenvalue weighted by Gasteiger charge is 2.17. The first kappa shape index (κ1) is 20.0. The topological polar surface area (TPSA) is 43.0 Å². The van der Waals surface area contributed by atoms with E-state index in [0.717, 1.165) is 28.5 Å². The number of benzene rings is 3. The van der Waals surface area contributed by atoms with Crippen molar-refractivity contribution in [1.29, 1.82) is 0 Å². The Morgan fingerprint density at radius 2 is 1.70 bits per heavy atom. The second-order valence-electron chi connectivity index (χ2n) is 7.19. The molecule has 0 spiro atoms. The van der Waals surface area contributed by atoms with Gasteiger partial charge in [-0.25, -0.2) is 0 Å². The number of methoxy groups -OCH3 is 1. The van der Waals surface area contributed by atoms with Crippen molar-refractivity contribution < 1.29 is 14.2 Å². The van der Waals surface area contributed by atoms with Crippen molar-refractivity contribution in [3.8, 4) is 17.2 Å². The molecule has 0 unspecified atom stereocenters. The molecule has 0 fully saturated rings. The number of hydrogen-bond acceptors (Lipinski definition) is 4. The van der Waals surface area contributed by atoms with Gasteiger partial charge in [0.25, 0.3) is 0 Å². The predicted molar refractivity (Wildman–Crippen MR) is 122 cm³/mol. The van der Waals surface area contributed by atoms with Gasteiger partial charge in [0.2, 0.25) is 6.79 Å². The van der Waals surface area contributed by atoms with Gasteiger partial charge < -0.3 is 24.4 Å². The summed E-state index contributed by atoms with van der Waals surface area (Å²) in [6, 6.07) is 22.3. The fraction of sp³-hybridized carbons (Fsp3) is 0.208. The van der Waals surface area contributed by atoms with Crippen molar-refractivity contribution in [1.82, 2.24) is 4.90 Å².